The van der Waals surface area contributed by atoms with E-state index in [4.69, 9.17) is 9.73 Å². The van der Waals surface area contributed by atoms with Crippen LogP contribution in [0.3, 0.4) is 0 Å². The lowest BCUT2D eigenvalue weighted by Crippen LogP contribution is -2.44. The number of hydrogen-bond acceptors (Lipinski definition) is 4. The summed E-state index contributed by atoms with van der Waals surface area (Å²) in [6, 6.07) is 10.5. The first-order chi connectivity index (χ1) is 13.3. The van der Waals surface area contributed by atoms with Gasteiger partial charge in [0.25, 0.3) is 0 Å². The number of methoxy groups -OCH3 is 1. The van der Waals surface area contributed by atoms with E-state index in [2.05, 4.69) is 39.7 Å². The summed E-state index contributed by atoms with van der Waals surface area (Å²) in [6.45, 7) is 6.57. The number of ether oxygens (including phenoxy) is 1. The van der Waals surface area contributed by atoms with Crippen molar-refractivity contribution in [2.75, 3.05) is 38.2 Å². The Labute approximate surface area is 184 Å². The zero-order valence-electron chi connectivity index (χ0n) is 16.7. The number of guanidine groups is 1. The second-order valence-electron chi connectivity index (χ2n) is 6.63. The molecule has 7 nitrogen and oxygen atoms in total. The molecule has 28 heavy (non-hydrogen) atoms. The Bertz CT molecular complexity index is 721. The first kappa shape index (κ1) is 22.3. The molecule has 0 aliphatic carbocycles. The zero-order valence-corrected chi connectivity index (χ0v) is 19.0. The van der Waals surface area contributed by atoms with Gasteiger partial charge in [0.1, 0.15) is 5.75 Å². The van der Waals surface area contributed by atoms with Gasteiger partial charge < -0.3 is 20.3 Å². The van der Waals surface area contributed by atoms with E-state index >= 15 is 0 Å². The van der Waals surface area contributed by atoms with Crippen LogP contribution < -0.4 is 20.3 Å². The predicted octanol–water partition coefficient (Wildman–Crippen LogP) is 2.73. The summed E-state index contributed by atoms with van der Waals surface area (Å²) in [7, 11) is 1.73. The van der Waals surface area contributed by atoms with Crippen LogP contribution in [0, 0.1) is 0 Å². The number of nitrogens with one attached hydrogen (secondary N) is 2. The summed E-state index contributed by atoms with van der Waals surface area (Å²) >= 11 is 0. The molecule has 2 heterocycles. The maximum atomic E-state index is 5.50. The number of para-hydroxylation sites is 2. The number of hydrogen-bond donors (Lipinski definition) is 2. The molecule has 1 atom stereocenters. The van der Waals surface area contributed by atoms with E-state index in [9.17, 15) is 0 Å². The van der Waals surface area contributed by atoms with Crippen molar-refractivity contribution in [2.24, 2.45) is 4.99 Å². The summed E-state index contributed by atoms with van der Waals surface area (Å²) in [5.41, 5.74) is 1.16. The van der Waals surface area contributed by atoms with Crippen LogP contribution in [-0.4, -0.2) is 55.1 Å². The van der Waals surface area contributed by atoms with E-state index in [0.29, 0.717) is 6.04 Å². The fourth-order valence-corrected chi connectivity index (χ4v) is 3.36. The molecule has 154 valence electrons. The number of aryl methyl sites for hydroxylation is 1. The van der Waals surface area contributed by atoms with Gasteiger partial charge in [0, 0.05) is 51.2 Å². The molecule has 1 aromatic carbocycles. The molecule has 1 aliphatic rings. The molecule has 0 bridgehead atoms. The molecule has 1 fully saturated rings. The van der Waals surface area contributed by atoms with Crippen LogP contribution in [-0.2, 0) is 6.54 Å². The number of halogens is 1. The molecule has 2 aromatic rings. The Morgan fingerprint density at radius 2 is 2.18 bits per heavy atom. The monoisotopic (exact) mass is 498 g/mol. The van der Waals surface area contributed by atoms with Gasteiger partial charge in [0.2, 0.25) is 0 Å². The van der Waals surface area contributed by atoms with E-state index in [1.54, 1.807) is 7.11 Å². The highest BCUT2D eigenvalue weighted by Gasteiger charge is 2.25. The maximum absolute atomic E-state index is 5.50. The molecule has 1 unspecified atom stereocenters. The van der Waals surface area contributed by atoms with Gasteiger partial charge in [0.05, 0.1) is 12.8 Å². The SMILES string of the molecule is CCNC(=NCCCn1cccn1)NC1CCN(c2ccccc2OC)C1.I. The summed E-state index contributed by atoms with van der Waals surface area (Å²) < 4.78 is 7.45. The van der Waals surface area contributed by atoms with Crippen molar-refractivity contribution in [3.05, 3.63) is 42.7 Å². The van der Waals surface area contributed by atoms with Gasteiger partial charge in [-0.15, -0.1) is 24.0 Å². The Hall–Kier alpha value is -1.97. The molecule has 3 rings (SSSR count). The summed E-state index contributed by atoms with van der Waals surface area (Å²) in [5.74, 6) is 1.82. The zero-order chi connectivity index (χ0) is 18.9. The first-order valence-electron chi connectivity index (χ1n) is 9.70. The summed E-state index contributed by atoms with van der Waals surface area (Å²) in [4.78, 5) is 7.09. The van der Waals surface area contributed by atoms with Crippen molar-refractivity contribution in [2.45, 2.75) is 32.4 Å². The van der Waals surface area contributed by atoms with Crippen molar-refractivity contribution >= 4 is 35.6 Å². The van der Waals surface area contributed by atoms with Crippen LogP contribution in [0.1, 0.15) is 19.8 Å². The van der Waals surface area contributed by atoms with Crippen LogP contribution in [0.4, 0.5) is 5.69 Å². The highest BCUT2D eigenvalue weighted by atomic mass is 127. The standard InChI is InChI=1S/C20H30N6O.HI/c1-3-21-20(22-11-6-13-26-14-7-12-23-26)24-17-10-15-25(16-17)18-8-4-5-9-19(18)27-2;/h4-5,7-9,12,14,17H,3,6,10-11,13,15-16H2,1-2H3,(H2,21,22,24);1H. The van der Waals surface area contributed by atoms with Gasteiger partial charge in [-0.25, -0.2) is 0 Å². The van der Waals surface area contributed by atoms with Crippen LogP contribution in [0.25, 0.3) is 0 Å². The largest absolute Gasteiger partial charge is 0.495 e. The Balaban J connectivity index is 0.00000280. The third-order valence-corrected chi connectivity index (χ3v) is 4.67. The normalized spacial score (nSPS) is 16.6. The number of anilines is 1. The summed E-state index contributed by atoms with van der Waals surface area (Å²) in [5, 5.41) is 11.2. The Morgan fingerprint density at radius 1 is 1.32 bits per heavy atom. The van der Waals surface area contributed by atoms with E-state index in [0.717, 1.165) is 63.0 Å². The van der Waals surface area contributed by atoms with Crippen LogP contribution in [0.2, 0.25) is 0 Å². The molecular formula is C20H31IN6O. The highest BCUT2D eigenvalue weighted by molar-refractivity contribution is 14.0. The van der Waals surface area contributed by atoms with Gasteiger partial charge in [-0.2, -0.15) is 5.10 Å². The number of benzene rings is 1. The minimum Gasteiger partial charge on any atom is -0.495 e. The predicted molar refractivity (Wildman–Crippen MR) is 125 cm³/mol. The molecule has 1 saturated heterocycles. The quantitative estimate of drug-likeness (QED) is 0.254. The molecule has 0 radical (unpaired) electrons. The van der Waals surface area contributed by atoms with Crippen LogP contribution >= 0.6 is 24.0 Å². The lowest BCUT2D eigenvalue weighted by atomic mass is 10.2. The Morgan fingerprint density at radius 3 is 2.93 bits per heavy atom. The van der Waals surface area contributed by atoms with E-state index in [1.807, 2.05) is 35.3 Å². The minimum absolute atomic E-state index is 0. The fourth-order valence-electron chi connectivity index (χ4n) is 3.36. The third-order valence-electron chi connectivity index (χ3n) is 4.67. The molecule has 2 N–H and O–H groups in total. The summed E-state index contributed by atoms with van der Waals surface area (Å²) in [6.07, 6.45) is 5.84. The maximum Gasteiger partial charge on any atom is 0.191 e. The van der Waals surface area contributed by atoms with E-state index < -0.39 is 0 Å². The number of rotatable bonds is 8. The molecule has 0 spiro atoms. The van der Waals surface area contributed by atoms with Crippen molar-refractivity contribution in [3.63, 3.8) is 0 Å². The lowest BCUT2D eigenvalue weighted by Gasteiger charge is -2.22. The molecule has 0 saturated carbocycles. The van der Waals surface area contributed by atoms with Crippen molar-refractivity contribution in [1.82, 2.24) is 20.4 Å². The van der Waals surface area contributed by atoms with Crippen LogP contribution in [0.15, 0.2) is 47.7 Å². The average Bonchev–Trinajstić information content (AvgIpc) is 3.37. The fraction of sp³-hybridized carbons (Fsp3) is 0.500. The second kappa shape index (κ2) is 11.8. The van der Waals surface area contributed by atoms with Gasteiger partial charge in [-0.1, -0.05) is 12.1 Å². The van der Waals surface area contributed by atoms with Crippen molar-refractivity contribution in [1.29, 1.82) is 0 Å². The Kier molecular flexibility index (Phi) is 9.39. The molecule has 0 amide bonds. The van der Waals surface area contributed by atoms with Crippen molar-refractivity contribution in [3.8, 4) is 5.75 Å². The lowest BCUT2D eigenvalue weighted by molar-refractivity contribution is 0.415. The smallest absolute Gasteiger partial charge is 0.191 e. The number of aromatic nitrogens is 2. The molecule has 1 aliphatic heterocycles. The third kappa shape index (κ3) is 6.29. The van der Waals surface area contributed by atoms with Gasteiger partial charge >= 0.3 is 0 Å². The minimum atomic E-state index is 0. The second-order valence-corrected chi connectivity index (χ2v) is 6.63. The van der Waals surface area contributed by atoms with Gasteiger partial charge in [0.15, 0.2) is 5.96 Å². The average molecular weight is 498 g/mol. The molecule has 1 aromatic heterocycles. The van der Waals surface area contributed by atoms with E-state index in [-0.39, 0.29) is 24.0 Å². The van der Waals surface area contributed by atoms with Gasteiger partial charge in [-0.3, -0.25) is 9.67 Å². The molecule has 8 heteroatoms. The van der Waals surface area contributed by atoms with E-state index in [1.165, 1.54) is 0 Å². The van der Waals surface area contributed by atoms with Crippen molar-refractivity contribution < 1.29 is 4.74 Å². The first-order valence-corrected chi connectivity index (χ1v) is 9.70. The number of aliphatic imine (C=N–C) groups is 1. The highest BCUT2D eigenvalue weighted by Crippen LogP contribution is 2.30. The number of nitrogens with zero attached hydrogens (tertiary/aromatic N) is 4. The van der Waals surface area contributed by atoms with Crippen LogP contribution in [0.5, 0.6) is 5.75 Å². The molecular weight excluding hydrogens is 467 g/mol. The topological polar surface area (TPSA) is 66.7 Å². The van der Waals surface area contributed by atoms with Gasteiger partial charge in [-0.05, 0) is 38.0 Å².